The lowest BCUT2D eigenvalue weighted by atomic mass is 9.88. The summed E-state index contributed by atoms with van der Waals surface area (Å²) in [6.07, 6.45) is 2.01. The highest BCUT2D eigenvalue weighted by atomic mass is 19.1. The second-order valence-electron chi connectivity index (χ2n) is 5.41. The third kappa shape index (κ3) is 1.71. The predicted molar refractivity (Wildman–Crippen MR) is 68.3 cm³/mol. The van der Waals surface area contributed by atoms with E-state index in [1.54, 1.807) is 12.1 Å². The maximum atomic E-state index is 13.3. The minimum Gasteiger partial charge on any atom is -0.310 e. The van der Waals surface area contributed by atoms with Gasteiger partial charge in [-0.05, 0) is 59.7 Å². The van der Waals surface area contributed by atoms with Gasteiger partial charge in [-0.15, -0.1) is 0 Å². The molecule has 1 atom stereocenters. The van der Waals surface area contributed by atoms with Gasteiger partial charge in [0, 0.05) is 6.04 Å². The van der Waals surface area contributed by atoms with E-state index >= 15 is 0 Å². The van der Waals surface area contributed by atoms with Crippen molar-refractivity contribution in [3.05, 3.63) is 40.7 Å². The Bertz CT molecular complexity index is 488. The number of hydrogen-bond donors (Lipinski definition) is 1. The van der Waals surface area contributed by atoms with Crippen molar-refractivity contribution in [1.82, 2.24) is 5.32 Å². The molecular formula is C15H18FN. The summed E-state index contributed by atoms with van der Waals surface area (Å²) in [5, 5.41) is 3.59. The second-order valence-corrected chi connectivity index (χ2v) is 5.41. The average molecular weight is 231 g/mol. The fourth-order valence-electron chi connectivity index (χ4n) is 3.19. The van der Waals surface area contributed by atoms with Crippen molar-refractivity contribution in [3.63, 3.8) is 0 Å². The Kier molecular flexibility index (Phi) is 2.55. The van der Waals surface area contributed by atoms with Gasteiger partial charge in [0.2, 0.25) is 0 Å². The highest BCUT2D eigenvalue weighted by Gasteiger charge is 2.31. The molecule has 3 rings (SSSR count). The van der Waals surface area contributed by atoms with Crippen molar-refractivity contribution in [2.24, 2.45) is 5.92 Å². The molecule has 0 saturated carbocycles. The molecule has 0 saturated heterocycles. The fourth-order valence-corrected chi connectivity index (χ4v) is 3.19. The number of fused-ring (bicyclic) bond motifs is 2. The highest BCUT2D eigenvalue weighted by Crippen LogP contribution is 2.39. The predicted octanol–water partition coefficient (Wildman–Crippen LogP) is 3.15. The molecular weight excluding hydrogens is 213 g/mol. The van der Waals surface area contributed by atoms with Gasteiger partial charge in [0.15, 0.2) is 0 Å². The first-order chi connectivity index (χ1) is 8.16. The Morgan fingerprint density at radius 2 is 2.18 bits per heavy atom. The van der Waals surface area contributed by atoms with Crippen molar-refractivity contribution in [2.75, 3.05) is 6.54 Å². The van der Waals surface area contributed by atoms with E-state index in [1.807, 2.05) is 6.07 Å². The molecule has 1 aromatic rings. The van der Waals surface area contributed by atoms with Crippen molar-refractivity contribution >= 4 is 5.57 Å². The lowest BCUT2D eigenvalue weighted by Crippen LogP contribution is -2.39. The van der Waals surface area contributed by atoms with Crippen molar-refractivity contribution < 1.29 is 4.39 Å². The summed E-state index contributed by atoms with van der Waals surface area (Å²) in [6, 6.07) is 5.70. The smallest absolute Gasteiger partial charge is 0.123 e. The van der Waals surface area contributed by atoms with Gasteiger partial charge in [0.25, 0.3) is 0 Å². The minimum atomic E-state index is -0.113. The third-order valence-electron chi connectivity index (χ3n) is 3.94. The molecule has 2 aliphatic rings. The van der Waals surface area contributed by atoms with E-state index in [4.69, 9.17) is 0 Å². The van der Waals surface area contributed by atoms with Crippen LogP contribution in [0.15, 0.2) is 23.8 Å². The number of benzene rings is 1. The summed E-state index contributed by atoms with van der Waals surface area (Å²) >= 11 is 0. The summed E-state index contributed by atoms with van der Waals surface area (Å²) in [4.78, 5) is 0. The van der Waals surface area contributed by atoms with E-state index in [9.17, 15) is 4.39 Å². The lowest BCUT2D eigenvalue weighted by Gasteiger charge is -2.29. The fraction of sp³-hybridized carbons (Fsp3) is 0.467. The summed E-state index contributed by atoms with van der Waals surface area (Å²) in [5.41, 5.74) is 5.42. The Morgan fingerprint density at radius 1 is 1.35 bits per heavy atom. The molecule has 1 aliphatic carbocycles. The molecule has 1 N–H and O–H groups in total. The highest BCUT2D eigenvalue weighted by molar-refractivity contribution is 5.78. The maximum absolute atomic E-state index is 13.3. The van der Waals surface area contributed by atoms with E-state index in [0.29, 0.717) is 12.0 Å². The zero-order chi connectivity index (χ0) is 12.0. The van der Waals surface area contributed by atoms with Gasteiger partial charge in [-0.25, -0.2) is 4.39 Å². The Hall–Kier alpha value is -1.15. The molecule has 1 heterocycles. The van der Waals surface area contributed by atoms with Crippen LogP contribution in [0.1, 0.15) is 31.4 Å². The van der Waals surface area contributed by atoms with Crippen LogP contribution in [0.5, 0.6) is 0 Å². The van der Waals surface area contributed by atoms with E-state index in [2.05, 4.69) is 19.2 Å². The molecule has 1 nitrogen and oxygen atoms in total. The van der Waals surface area contributed by atoms with Gasteiger partial charge in [-0.1, -0.05) is 19.9 Å². The first-order valence-corrected chi connectivity index (χ1v) is 6.41. The number of rotatable bonds is 1. The molecule has 17 heavy (non-hydrogen) atoms. The molecule has 1 unspecified atom stereocenters. The van der Waals surface area contributed by atoms with Crippen LogP contribution in [0.2, 0.25) is 0 Å². The molecule has 0 amide bonds. The summed E-state index contributed by atoms with van der Waals surface area (Å²) in [7, 11) is 0. The quantitative estimate of drug-likeness (QED) is 0.783. The van der Waals surface area contributed by atoms with Crippen molar-refractivity contribution in [3.8, 4) is 0 Å². The SMILES string of the molecule is CC(C)C1NCCC2=C1Cc1cc(F)ccc12. The summed E-state index contributed by atoms with van der Waals surface area (Å²) in [5.74, 6) is 0.483. The van der Waals surface area contributed by atoms with E-state index in [-0.39, 0.29) is 5.82 Å². The van der Waals surface area contributed by atoms with E-state index < -0.39 is 0 Å². The van der Waals surface area contributed by atoms with Crippen LogP contribution in [0, 0.1) is 11.7 Å². The zero-order valence-corrected chi connectivity index (χ0v) is 10.4. The van der Waals surface area contributed by atoms with Crippen molar-refractivity contribution in [2.45, 2.75) is 32.7 Å². The first kappa shape index (κ1) is 11.0. The van der Waals surface area contributed by atoms with Gasteiger partial charge in [-0.3, -0.25) is 0 Å². The van der Waals surface area contributed by atoms with Crippen LogP contribution in [0.3, 0.4) is 0 Å². The van der Waals surface area contributed by atoms with Gasteiger partial charge in [0.05, 0.1) is 0 Å². The van der Waals surface area contributed by atoms with E-state index in [1.165, 1.54) is 22.3 Å². The molecule has 0 spiro atoms. The maximum Gasteiger partial charge on any atom is 0.123 e. The minimum absolute atomic E-state index is 0.113. The van der Waals surface area contributed by atoms with Crippen molar-refractivity contribution in [1.29, 1.82) is 0 Å². The van der Waals surface area contributed by atoms with Gasteiger partial charge >= 0.3 is 0 Å². The molecule has 0 radical (unpaired) electrons. The lowest BCUT2D eigenvalue weighted by molar-refractivity contribution is 0.435. The number of halogens is 1. The van der Waals surface area contributed by atoms with Crippen LogP contribution < -0.4 is 5.32 Å². The Labute approximate surface area is 102 Å². The normalized spacial score (nSPS) is 22.9. The largest absolute Gasteiger partial charge is 0.310 e. The second kappa shape index (κ2) is 3.95. The summed E-state index contributed by atoms with van der Waals surface area (Å²) in [6.45, 7) is 5.53. The van der Waals surface area contributed by atoms with Crippen LogP contribution in [0.4, 0.5) is 4.39 Å². The first-order valence-electron chi connectivity index (χ1n) is 6.41. The molecule has 0 fully saturated rings. The van der Waals surface area contributed by atoms with Gasteiger partial charge in [-0.2, -0.15) is 0 Å². The van der Waals surface area contributed by atoms with Gasteiger partial charge < -0.3 is 5.32 Å². The molecule has 90 valence electrons. The van der Waals surface area contributed by atoms with Gasteiger partial charge in [0.1, 0.15) is 5.82 Å². The molecule has 0 aromatic heterocycles. The molecule has 1 aliphatic heterocycles. The molecule has 2 heteroatoms. The molecule has 1 aromatic carbocycles. The van der Waals surface area contributed by atoms with Crippen LogP contribution in [0.25, 0.3) is 5.57 Å². The molecule has 0 bridgehead atoms. The standard InChI is InChI=1S/C15H18FN/c1-9(2)15-14-8-10-7-11(16)3-4-12(10)13(14)5-6-17-15/h3-4,7,9,15,17H,5-6,8H2,1-2H3. The van der Waals surface area contributed by atoms with Crippen LogP contribution in [-0.4, -0.2) is 12.6 Å². The number of hydrogen-bond acceptors (Lipinski definition) is 1. The zero-order valence-electron chi connectivity index (χ0n) is 10.4. The monoisotopic (exact) mass is 231 g/mol. The number of nitrogens with one attached hydrogen (secondary N) is 1. The third-order valence-corrected chi connectivity index (χ3v) is 3.94. The van der Waals surface area contributed by atoms with E-state index in [0.717, 1.165) is 19.4 Å². The Morgan fingerprint density at radius 3 is 2.94 bits per heavy atom. The van der Waals surface area contributed by atoms with Crippen LogP contribution >= 0.6 is 0 Å². The Balaban J connectivity index is 2.04. The topological polar surface area (TPSA) is 12.0 Å². The average Bonchev–Trinajstić information content (AvgIpc) is 2.65. The van der Waals surface area contributed by atoms with Crippen LogP contribution in [-0.2, 0) is 6.42 Å². The summed E-state index contributed by atoms with van der Waals surface area (Å²) < 4.78 is 13.3.